The highest BCUT2D eigenvalue weighted by Crippen LogP contribution is 2.31. The molecule has 96 valence electrons. The predicted molar refractivity (Wildman–Crippen MR) is 76.9 cm³/mol. The Balaban J connectivity index is 2.74. The van der Waals surface area contributed by atoms with Gasteiger partial charge in [0.2, 0.25) is 5.91 Å². The molecule has 0 spiro atoms. The van der Waals surface area contributed by atoms with Crippen molar-refractivity contribution in [2.45, 2.75) is 27.7 Å². The number of rotatable bonds is 4. The van der Waals surface area contributed by atoms with E-state index in [0.717, 1.165) is 0 Å². The topological polar surface area (TPSA) is 29.1 Å². The monoisotopic (exact) mass is 243 g/mol. The van der Waals surface area contributed by atoms with Gasteiger partial charge in [0.05, 0.1) is 0 Å². The van der Waals surface area contributed by atoms with Crippen LogP contribution in [0.25, 0.3) is 0 Å². The molecule has 0 fully saturated rings. The molecule has 1 atom stereocenters. The van der Waals surface area contributed by atoms with Crippen LogP contribution in [0.4, 0.5) is 0 Å². The Morgan fingerprint density at radius 2 is 2.06 bits per heavy atom. The lowest BCUT2D eigenvalue weighted by Crippen LogP contribution is -2.16. The summed E-state index contributed by atoms with van der Waals surface area (Å²) in [7, 11) is 0. The van der Waals surface area contributed by atoms with Crippen LogP contribution in [-0.4, -0.2) is 5.91 Å². The minimum Gasteiger partial charge on any atom is -0.327 e. The standard InChI is InChI=1S/C16H21NO/c1-6-15(9-8-12(3)17-14(5)18)16-10-7-11(2)13(16)4/h6-10,13H,3H2,1-2,4-5H3,(H,17,18)/b9-8-,15-6+. The molecule has 0 bridgehead atoms. The molecule has 1 aliphatic carbocycles. The first-order valence-electron chi connectivity index (χ1n) is 6.15. The second-order valence-electron chi connectivity index (χ2n) is 4.54. The summed E-state index contributed by atoms with van der Waals surface area (Å²) in [6, 6.07) is 0. The second-order valence-corrected chi connectivity index (χ2v) is 4.54. The average molecular weight is 243 g/mol. The van der Waals surface area contributed by atoms with Gasteiger partial charge in [-0.05, 0) is 31.1 Å². The average Bonchev–Trinajstić information content (AvgIpc) is 2.61. The van der Waals surface area contributed by atoms with Crippen molar-refractivity contribution in [1.82, 2.24) is 5.32 Å². The normalized spacial score (nSPS) is 19.8. The van der Waals surface area contributed by atoms with Gasteiger partial charge in [-0.1, -0.05) is 43.4 Å². The molecule has 1 amide bonds. The van der Waals surface area contributed by atoms with Gasteiger partial charge in [0, 0.05) is 18.5 Å². The van der Waals surface area contributed by atoms with E-state index >= 15 is 0 Å². The smallest absolute Gasteiger partial charge is 0.221 e. The second kappa shape index (κ2) is 6.20. The summed E-state index contributed by atoms with van der Waals surface area (Å²) in [5, 5.41) is 2.65. The maximum Gasteiger partial charge on any atom is 0.221 e. The fourth-order valence-corrected chi connectivity index (χ4v) is 1.92. The van der Waals surface area contributed by atoms with E-state index in [4.69, 9.17) is 0 Å². The third kappa shape index (κ3) is 3.59. The first-order valence-corrected chi connectivity index (χ1v) is 6.15. The molecule has 1 rings (SSSR count). The van der Waals surface area contributed by atoms with Crippen molar-refractivity contribution in [2.75, 3.05) is 0 Å². The van der Waals surface area contributed by atoms with Gasteiger partial charge in [0.1, 0.15) is 0 Å². The van der Waals surface area contributed by atoms with Crippen LogP contribution in [0.2, 0.25) is 0 Å². The van der Waals surface area contributed by atoms with Gasteiger partial charge < -0.3 is 5.32 Å². The van der Waals surface area contributed by atoms with Gasteiger partial charge in [-0.15, -0.1) is 0 Å². The first-order chi connectivity index (χ1) is 8.45. The number of carbonyl (C=O) groups is 1. The van der Waals surface area contributed by atoms with Gasteiger partial charge in [0.15, 0.2) is 0 Å². The third-order valence-electron chi connectivity index (χ3n) is 3.12. The number of carbonyl (C=O) groups excluding carboxylic acids is 1. The minimum atomic E-state index is -0.0994. The molecule has 1 N–H and O–H groups in total. The van der Waals surface area contributed by atoms with Crippen LogP contribution in [0, 0.1) is 5.92 Å². The van der Waals surface area contributed by atoms with Crippen LogP contribution in [0.5, 0.6) is 0 Å². The minimum absolute atomic E-state index is 0.0994. The van der Waals surface area contributed by atoms with E-state index in [-0.39, 0.29) is 5.91 Å². The fourth-order valence-electron chi connectivity index (χ4n) is 1.92. The molecule has 0 heterocycles. The Hall–Kier alpha value is -1.83. The Labute approximate surface area is 109 Å². The molecular formula is C16H21NO. The Morgan fingerprint density at radius 1 is 1.39 bits per heavy atom. The first kappa shape index (κ1) is 14.2. The zero-order valence-electron chi connectivity index (χ0n) is 11.6. The molecule has 0 aromatic heterocycles. The van der Waals surface area contributed by atoms with Gasteiger partial charge in [-0.3, -0.25) is 4.79 Å². The summed E-state index contributed by atoms with van der Waals surface area (Å²) < 4.78 is 0. The molecule has 2 nitrogen and oxygen atoms in total. The lowest BCUT2D eigenvalue weighted by atomic mass is 9.92. The summed E-state index contributed by atoms with van der Waals surface area (Å²) in [4.78, 5) is 10.9. The summed E-state index contributed by atoms with van der Waals surface area (Å²) >= 11 is 0. The molecule has 2 heteroatoms. The van der Waals surface area contributed by atoms with Gasteiger partial charge >= 0.3 is 0 Å². The van der Waals surface area contributed by atoms with Crippen LogP contribution in [0.3, 0.4) is 0 Å². The van der Waals surface area contributed by atoms with Crippen molar-refractivity contribution >= 4 is 5.91 Å². The van der Waals surface area contributed by atoms with Crippen LogP contribution in [0.1, 0.15) is 27.7 Å². The van der Waals surface area contributed by atoms with Crippen molar-refractivity contribution in [3.8, 4) is 0 Å². The van der Waals surface area contributed by atoms with Crippen LogP contribution >= 0.6 is 0 Å². The van der Waals surface area contributed by atoms with Crippen LogP contribution in [-0.2, 0) is 4.79 Å². The van der Waals surface area contributed by atoms with Crippen molar-refractivity contribution in [3.63, 3.8) is 0 Å². The quantitative estimate of drug-likeness (QED) is 0.750. The van der Waals surface area contributed by atoms with Gasteiger partial charge in [0.25, 0.3) is 0 Å². The predicted octanol–water partition coefficient (Wildman–Crippen LogP) is 3.66. The van der Waals surface area contributed by atoms with E-state index in [0.29, 0.717) is 11.6 Å². The van der Waals surface area contributed by atoms with E-state index in [1.165, 1.54) is 23.6 Å². The number of hydrogen-bond donors (Lipinski definition) is 1. The van der Waals surface area contributed by atoms with Gasteiger partial charge in [-0.25, -0.2) is 0 Å². The molecule has 0 saturated carbocycles. The fraction of sp³-hybridized carbons (Fsp3) is 0.312. The number of hydrogen-bond acceptors (Lipinski definition) is 1. The highest BCUT2D eigenvalue weighted by molar-refractivity contribution is 5.75. The lowest BCUT2D eigenvalue weighted by molar-refractivity contribution is -0.118. The molecule has 1 aliphatic rings. The highest BCUT2D eigenvalue weighted by Gasteiger charge is 2.16. The number of amides is 1. The number of nitrogens with one attached hydrogen (secondary N) is 1. The summed E-state index contributed by atoms with van der Waals surface area (Å²) in [6.07, 6.45) is 10.2. The van der Waals surface area contributed by atoms with Crippen LogP contribution < -0.4 is 5.32 Å². The van der Waals surface area contributed by atoms with Crippen molar-refractivity contribution in [2.24, 2.45) is 5.92 Å². The summed E-state index contributed by atoms with van der Waals surface area (Å²) in [6.45, 7) is 11.6. The maximum atomic E-state index is 10.9. The van der Waals surface area contributed by atoms with E-state index in [9.17, 15) is 4.79 Å². The van der Waals surface area contributed by atoms with E-state index in [1.807, 2.05) is 19.1 Å². The molecule has 1 unspecified atom stereocenters. The number of allylic oxidation sites excluding steroid dienone is 8. The van der Waals surface area contributed by atoms with Crippen LogP contribution in [0.15, 0.2) is 59.4 Å². The Morgan fingerprint density at radius 3 is 2.50 bits per heavy atom. The molecule has 18 heavy (non-hydrogen) atoms. The van der Waals surface area contributed by atoms with Crippen molar-refractivity contribution in [1.29, 1.82) is 0 Å². The third-order valence-corrected chi connectivity index (χ3v) is 3.12. The Kier molecular flexibility index (Phi) is 4.90. The zero-order valence-corrected chi connectivity index (χ0v) is 11.6. The SMILES string of the molecule is C=C(/C=C\C(=C/C)C1=CC=C(C)C1C)NC(C)=O. The Bertz CT molecular complexity index is 475. The molecular weight excluding hydrogens is 222 g/mol. The maximum absolute atomic E-state index is 10.9. The highest BCUT2D eigenvalue weighted by atomic mass is 16.1. The van der Waals surface area contributed by atoms with Crippen molar-refractivity contribution in [3.05, 3.63) is 59.4 Å². The molecule has 0 radical (unpaired) electrons. The zero-order chi connectivity index (χ0) is 13.7. The summed E-state index contributed by atoms with van der Waals surface area (Å²) in [5.74, 6) is 0.354. The van der Waals surface area contributed by atoms with E-state index < -0.39 is 0 Å². The van der Waals surface area contributed by atoms with Crippen molar-refractivity contribution < 1.29 is 4.79 Å². The van der Waals surface area contributed by atoms with Gasteiger partial charge in [-0.2, -0.15) is 0 Å². The molecule has 0 aliphatic heterocycles. The molecule has 0 aromatic carbocycles. The lowest BCUT2D eigenvalue weighted by Gasteiger charge is -2.13. The largest absolute Gasteiger partial charge is 0.327 e. The molecule has 0 saturated heterocycles. The van der Waals surface area contributed by atoms with E-state index in [2.05, 4.69) is 44.0 Å². The van der Waals surface area contributed by atoms with E-state index in [1.54, 1.807) is 0 Å². The summed E-state index contributed by atoms with van der Waals surface area (Å²) in [5.41, 5.74) is 4.46. The molecule has 0 aromatic rings.